The zero-order valence-corrected chi connectivity index (χ0v) is 19.7. The van der Waals surface area contributed by atoms with Crippen LogP contribution in [0.5, 0.6) is 0 Å². The molecule has 2 amide bonds. The highest BCUT2D eigenvalue weighted by molar-refractivity contribution is 5.83. The minimum atomic E-state index is -0.654. The number of benzene rings is 1. The number of carbonyl (C=O) groups is 2. The molecule has 1 unspecified atom stereocenters. The highest BCUT2D eigenvalue weighted by Crippen LogP contribution is 2.39. The SMILES string of the molecule is CNC(=O)CC1CN(C(=O)OC(C)(C)C)Cc2c(-c3ccncc3)c(-c3ccc(F)cc3)nn21. The minimum absolute atomic E-state index is 0.142. The fourth-order valence-electron chi connectivity index (χ4n) is 4.06. The van der Waals surface area contributed by atoms with Crippen LogP contribution >= 0.6 is 0 Å². The van der Waals surface area contributed by atoms with Crippen LogP contribution in [0.3, 0.4) is 0 Å². The maximum absolute atomic E-state index is 13.6. The predicted octanol–water partition coefficient (Wildman–Crippen LogP) is 4.18. The maximum Gasteiger partial charge on any atom is 0.410 e. The Morgan fingerprint density at radius 1 is 1.12 bits per heavy atom. The van der Waals surface area contributed by atoms with E-state index in [9.17, 15) is 14.0 Å². The molecule has 0 aliphatic carbocycles. The van der Waals surface area contributed by atoms with E-state index in [0.717, 1.165) is 22.4 Å². The molecule has 0 bridgehead atoms. The Labute approximate surface area is 197 Å². The number of halogens is 1. The lowest BCUT2D eigenvalue weighted by Crippen LogP contribution is -2.44. The Hall–Kier alpha value is -3.75. The molecule has 1 aliphatic heterocycles. The van der Waals surface area contributed by atoms with Crippen LogP contribution in [0.15, 0.2) is 48.8 Å². The average molecular weight is 466 g/mol. The Balaban J connectivity index is 1.87. The summed E-state index contributed by atoms with van der Waals surface area (Å²) in [5.74, 6) is -0.502. The summed E-state index contributed by atoms with van der Waals surface area (Å²) in [6, 6.07) is 9.46. The molecule has 0 saturated heterocycles. The van der Waals surface area contributed by atoms with Crippen molar-refractivity contribution >= 4 is 12.0 Å². The summed E-state index contributed by atoms with van der Waals surface area (Å²) in [7, 11) is 1.58. The first kappa shape index (κ1) is 23.4. The summed E-state index contributed by atoms with van der Waals surface area (Å²) in [5.41, 5.74) is 3.17. The molecule has 8 nitrogen and oxygen atoms in total. The first-order valence-corrected chi connectivity index (χ1v) is 11.1. The molecule has 1 N–H and O–H groups in total. The number of amides is 2. The van der Waals surface area contributed by atoms with Crippen molar-refractivity contribution in [2.24, 2.45) is 0 Å². The van der Waals surface area contributed by atoms with E-state index in [-0.39, 0.29) is 31.2 Å². The van der Waals surface area contributed by atoms with Gasteiger partial charge in [0.15, 0.2) is 0 Å². The molecule has 1 aliphatic rings. The van der Waals surface area contributed by atoms with Crippen molar-refractivity contribution in [3.8, 4) is 22.4 Å². The summed E-state index contributed by atoms with van der Waals surface area (Å²) < 4.78 is 21.1. The van der Waals surface area contributed by atoms with E-state index >= 15 is 0 Å². The Morgan fingerprint density at radius 3 is 2.41 bits per heavy atom. The number of carbonyl (C=O) groups excluding carboxylic acids is 2. The molecule has 0 saturated carbocycles. The molecular formula is C25H28FN5O3. The van der Waals surface area contributed by atoms with E-state index in [0.29, 0.717) is 5.69 Å². The fraction of sp³-hybridized carbons (Fsp3) is 0.360. The normalized spacial score (nSPS) is 15.6. The summed E-state index contributed by atoms with van der Waals surface area (Å²) in [5, 5.41) is 7.53. The minimum Gasteiger partial charge on any atom is -0.444 e. The molecule has 178 valence electrons. The number of hydrogen-bond donors (Lipinski definition) is 1. The van der Waals surface area contributed by atoms with Crippen molar-refractivity contribution in [3.05, 3.63) is 60.3 Å². The third-order valence-electron chi connectivity index (χ3n) is 5.57. The third kappa shape index (κ3) is 4.93. The molecule has 9 heteroatoms. The molecule has 0 spiro atoms. The number of pyridine rings is 1. The van der Waals surface area contributed by atoms with Crippen LogP contribution in [0, 0.1) is 5.82 Å². The number of nitrogens with zero attached hydrogens (tertiary/aromatic N) is 4. The lowest BCUT2D eigenvalue weighted by Gasteiger charge is -2.35. The molecule has 4 rings (SSSR count). The van der Waals surface area contributed by atoms with Gasteiger partial charge in [-0.15, -0.1) is 0 Å². The Morgan fingerprint density at radius 2 is 1.79 bits per heavy atom. The molecule has 3 heterocycles. The zero-order valence-electron chi connectivity index (χ0n) is 19.7. The molecular weight excluding hydrogens is 437 g/mol. The Bertz CT molecular complexity index is 1190. The largest absolute Gasteiger partial charge is 0.444 e. The van der Waals surface area contributed by atoms with Crippen LogP contribution in [0.25, 0.3) is 22.4 Å². The molecule has 2 aromatic heterocycles. The monoisotopic (exact) mass is 465 g/mol. The first-order chi connectivity index (χ1) is 16.2. The fourth-order valence-corrected chi connectivity index (χ4v) is 4.06. The van der Waals surface area contributed by atoms with Crippen LogP contribution < -0.4 is 5.32 Å². The highest BCUT2D eigenvalue weighted by atomic mass is 19.1. The second-order valence-electron chi connectivity index (χ2n) is 9.25. The van der Waals surface area contributed by atoms with Gasteiger partial charge in [-0.3, -0.25) is 14.5 Å². The lowest BCUT2D eigenvalue weighted by molar-refractivity contribution is -0.121. The quantitative estimate of drug-likeness (QED) is 0.624. The van der Waals surface area contributed by atoms with E-state index in [4.69, 9.17) is 9.84 Å². The number of nitrogens with one attached hydrogen (secondary N) is 1. The maximum atomic E-state index is 13.6. The van der Waals surface area contributed by atoms with Gasteiger partial charge in [0, 0.05) is 37.1 Å². The van der Waals surface area contributed by atoms with E-state index < -0.39 is 17.7 Å². The van der Waals surface area contributed by atoms with Crippen LogP contribution in [0.2, 0.25) is 0 Å². The number of ether oxygens (including phenoxy) is 1. The van der Waals surface area contributed by atoms with Crippen molar-refractivity contribution in [2.75, 3.05) is 13.6 Å². The standard InChI is InChI=1S/C25H28FN5O3/c1-25(2,3)34-24(33)30-14-19(13-21(32)27-4)31-20(15-30)22(16-9-11-28-12-10-16)23(29-31)17-5-7-18(26)8-6-17/h5-12,19H,13-15H2,1-4H3,(H,27,32). The van der Waals surface area contributed by atoms with Gasteiger partial charge in [0.1, 0.15) is 17.1 Å². The summed E-state index contributed by atoms with van der Waals surface area (Å²) in [6.45, 7) is 5.98. The average Bonchev–Trinajstić information content (AvgIpc) is 3.18. The molecule has 34 heavy (non-hydrogen) atoms. The lowest BCUT2D eigenvalue weighted by atomic mass is 9.98. The smallest absolute Gasteiger partial charge is 0.410 e. The molecule has 0 radical (unpaired) electrons. The number of rotatable bonds is 4. The Kier molecular flexibility index (Phi) is 6.37. The van der Waals surface area contributed by atoms with Crippen LogP contribution in [-0.2, 0) is 16.1 Å². The summed E-state index contributed by atoms with van der Waals surface area (Å²) in [6.07, 6.45) is 3.06. The second kappa shape index (κ2) is 9.24. The van der Waals surface area contributed by atoms with Gasteiger partial charge in [-0.25, -0.2) is 9.18 Å². The number of fused-ring (bicyclic) bond motifs is 1. The van der Waals surface area contributed by atoms with Gasteiger partial charge in [-0.2, -0.15) is 5.10 Å². The second-order valence-corrected chi connectivity index (χ2v) is 9.25. The third-order valence-corrected chi connectivity index (χ3v) is 5.57. The van der Waals surface area contributed by atoms with E-state index in [1.807, 2.05) is 37.6 Å². The summed E-state index contributed by atoms with van der Waals surface area (Å²) in [4.78, 5) is 31.1. The van der Waals surface area contributed by atoms with Gasteiger partial charge in [0.05, 0.1) is 24.7 Å². The molecule has 1 atom stereocenters. The van der Waals surface area contributed by atoms with Gasteiger partial charge in [0.25, 0.3) is 0 Å². The van der Waals surface area contributed by atoms with Gasteiger partial charge in [-0.05, 0) is 62.7 Å². The first-order valence-electron chi connectivity index (χ1n) is 11.1. The predicted molar refractivity (Wildman–Crippen MR) is 125 cm³/mol. The van der Waals surface area contributed by atoms with E-state index in [1.54, 1.807) is 36.5 Å². The van der Waals surface area contributed by atoms with Crippen molar-refractivity contribution in [3.63, 3.8) is 0 Å². The van der Waals surface area contributed by atoms with E-state index in [1.165, 1.54) is 12.1 Å². The molecule has 1 aromatic carbocycles. The van der Waals surface area contributed by atoms with Gasteiger partial charge in [0.2, 0.25) is 5.91 Å². The van der Waals surface area contributed by atoms with Crippen molar-refractivity contribution < 1.29 is 18.7 Å². The van der Waals surface area contributed by atoms with Crippen molar-refractivity contribution in [1.82, 2.24) is 25.0 Å². The van der Waals surface area contributed by atoms with Gasteiger partial charge < -0.3 is 15.0 Å². The molecule has 0 fully saturated rings. The number of aromatic nitrogens is 3. The number of hydrogen-bond acceptors (Lipinski definition) is 5. The van der Waals surface area contributed by atoms with Crippen LogP contribution in [0.1, 0.15) is 38.9 Å². The van der Waals surface area contributed by atoms with Crippen LogP contribution in [0.4, 0.5) is 9.18 Å². The zero-order chi connectivity index (χ0) is 24.5. The van der Waals surface area contributed by atoms with Crippen LogP contribution in [-0.4, -0.2) is 50.9 Å². The topological polar surface area (TPSA) is 89.3 Å². The van der Waals surface area contributed by atoms with E-state index in [2.05, 4.69) is 10.3 Å². The van der Waals surface area contributed by atoms with Crippen molar-refractivity contribution in [1.29, 1.82) is 0 Å². The molecule has 3 aromatic rings. The highest BCUT2D eigenvalue weighted by Gasteiger charge is 2.36. The van der Waals surface area contributed by atoms with Gasteiger partial charge >= 0.3 is 6.09 Å². The van der Waals surface area contributed by atoms with Gasteiger partial charge in [-0.1, -0.05) is 0 Å². The summed E-state index contributed by atoms with van der Waals surface area (Å²) >= 11 is 0. The van der Waals surface area contributed by atoms with Crippen molar-refractivity contribution in [2.45, 2.75) is 45.4 Å².